The minimum atomic E-state index is -0.402. The summed E-state index contributed by atoms with van der Waals surface area (Å²) in [5.41, 5.74) is 0. The number of rotatable bonds is 7. The van der Waals surface area contributed by atoms with E-state index in [9.17, 15) is 4.39 Å². The summed E-state index contributed by atoms with van der Waals surface area (Å²) in [6, 6.07) is 0.388. The summed E-state index contributed by atoms with van der Waals surface area (Å²) in [7, 11) is 0. The normalized spacial score (nSPS) is 17.1. The van der Waals surface area contributed by atoms with E-state index in [1.807, 2.05) is 0 Å². The third-order valence-corrected chi connectivity index (χ3v) is 3.61. The van der Waals surface area contributed by atoms with E-state index in [1.54, 1.807) is 0 Å². The molecule has 5 nitrogen and oxygen atoms in total. The van der Waals surface area contributed by atoms with Crippen molar-refractivity contribution in [3.05, 3.63) is 12.0 Å². The van der Waals surface area contributed by atoms with Gasteiger partial charge in [0.15, 0.2) is 11.6 Å². The molecule has 0 radical (unpaired) electrons. The molecule has 0 bridgehead atoms. The number of hydrogen-bond donors (Lipinski definition) is 2. The second-order valence-corrected chi connectivity index (χ2v) is 5.29. The molecule has 1 atom stereocenters. The quantitative estimate of drug-likeness (QED) is 0.803. The van der Waals surface area contributed by atoms with Gasteiger partial charge in [-0.1, -0.05) is 6.92 Å². The molecule has 2 rings (SSSR count). The molecule has 1 aromatic rings. The first kappa shape index (κ1) is 15.0. The Morgan fingerprint density at radius 2 is 2.10 bits per heavy atom. The molecule has 112 valence electrons. The van der Waals surface area contributed by atoms with Gasteiger partial charge in [0.25, 0.3) is 0 Å². The van der Waals surface area contributed by atoms with Crippen molar-refractivity contribution in [2.75, 3.05) is 36.8 Å². The van der Waals surface area contributed by atoms with Crippen molar-refractivity contribution >= 4 is 11.8 Å². The molecule has 1 unspecified atom stereocenters. The molecule has 20 heavy (non-hydrogen) atoms. The van der Waals surface area contributed by atoms with Crippen molar-refractivity contribution in [2.45, 2.75) is 39.2 Å². The highest BCUT2D eigenvalue weighted by atomic mass is 19.1. The third-order valence-electron chi connectivity index (χ3n) is 3.61. The van der Waals surface area contributed by atoms with Crippen molar-refractivity contribution in [2.24, 2.45) is 0 Å². The molecular weight excluding hydrogens is 257 g/mol. The molecule has 1 saturated heterocycles. The summed E-state index contributed by atoms with van der Waals surface area (Å²) in [4.78, 5) is 10.5. The zero-order chi connectivity index (χ0) is 14.4. The minimum Gasteiger partial charge on any atom is -0.366 e. The summed E-state index contributed by atoms with van der Waals surface area (Å²) in [6.45, 7) is 7.98. The van der Waals surface area contributed by atoms with Crippen molar-refractivity contribution in [1.29, 1.82) is 0 Å². The molecule has 0 saturated carbocycles. The average molecular weight is 281 g/mol. The van der Waals surface area contributed by atoms with Gasteiger partial charge in [-0.15, -0.1) is 0 Å². The fraction of sp³-hybridized carbons (Fsp3) is 0.714. The van der Waals surface area contributed by atoms with Gasteiger partial charge in [-0.2, -0.15) is 4.98 Å². The summed E-state index contributed by atoms with van der Waals surface area (Å²) in [5, 5.41) is 6.16. The molecule has 0 amide bonds. The van der Waals surface area contributed by atoms with Crippen molar-refractivity contribution in [3.63, 3.8) is 0 Å². The maximum absolute atomic E-state index is 13.7. The lowest BCUT2D eigenvalue weighted by Crippen LogP contribution is -2.35. The maximum Gasteiger partial charge on any atom is 0.224 e. The second kappa shape index (κ2) is 7.38. The van der Waals surface area contributed by atoms with Crippen LogP contribution >= 0.6 is 0 Å². The van der Waals surface area contributed by atoms with Gasteiger partial charge in [-0.25, -0.2) is 9.37 Å². The number of nitrogens with one attached hydrogen (secondary N) is 2. The number of aromatic nitrogens is 2. The van der Waals surface area contributed by atoms with E-state index in [0.717, 1.165) is 26.1 Å². The van der Waals surface area contributed by atoms with Crippen LogP contribution in [0.3, 0.4) is 0 Å². The first-order valence-corrected chi connectivity index (χ1v) is 7.45. The summed E-state index contributed by atoms with van der Waals surface area (Å²) in [5.74, 6) is 0.356. The first-order valence-electron chi connectivity index (χ1n) is 7.45. The molecule has 0 aromatic carbocycles. The number of halogens is 1. The van der Waals surface area contributed by atoms with Crippen LogP contribution in [0.4, 0.5) is 16.2 Å². The van der Waals surface area contributed by atoms with E-state index in [-0.39, 0.29) is 5.82 Å². The van der Waals surface area contributed by atoms with Gasteiger partial charge in [-0.05, 0) is 39.3 Å². The zero-order valence-electron chi connectivity index (χ0n) is 12.3. The number of likely N-dealkylation sites (tertiary alicyclic amines) is 1. The van der Waals surface area contributed by atoms with E-state index in [4.69, 9.17) is 0 Å². The van der Waals surface area contributed by atoms with Crippen LogP contribution in [-0.4, -0.2) is 47.1 Å². The Labute approximate surface area is 120 Å². The maximum atomic E-state index is 13.7. The molecule has 6 heteroatoms. The number of hydrogen-bond acceptors (Lipinski definition) is 5. The van der Waals surface area contributed by atoms with Gasteiger partial charge in [0, 0.05) is 19.1 Å². The van der Waals surface area contributed by atoms with Gasteiger partial charge in [0.2, 0.25) is 5.95 Å². The predicted molar refractivity (Wildman–Crippen MR) is 79.5 cm³/mol. The van der Waals surface area contributed by atoms with Crippen LogP contribution in [0.1, 0.15) is 33.1 Å². The lowest BCUT2D eigenvalue weighted by molar-refractivity contribution is 0.269. The van der Waals surface area contributed by atoms with Crippen LogP contribution in [0.25, 0.3) is 0 Å². The Kier molecular flexibility index (Phi) is 5.52. The van der Waals surface area contributed by atoms with Crippen LogP contribution in [-0.2, 0) is 0 Å². The molecule has 1 aromatic heterocycles. The molecule has 0 spiro atoms. The van der Waals surface area contributed by atoms with E-state index >= 15 is 0 Å². The van der Waals surface area contributed by atoms with Crippen LogP contribution in [0.5, 0.6) is 0 Å². The largest absolute Gasteiger partial charge is 0.366 e. The molecule has 1 aliphatic heterocycles. The fourth-order valence-electron chi connectivity index (χ4n) is 2.37. The summed E-state index contributed by atoms with van der Waals surface area (Å²) >= 11 is 0. The van der Waals surface area contributed by atoms with Gasteiger partial charge in [0.1, 0.15) is 0 Å². The monoisotopic (exact) mass is 281 g/mol. The van der Waals surface area contributed by atoms with Crippen LogP contribution in [0.2, 0.25) is 0 Å². The van der Waals surface area contributed by atoms with Crippen LogP contribution in [0.15, 0.2) is 6.20 Å². The Hall–Kier alpha value is -1.43. The molecule has 1 fully saturated rings. The highest BCUT2D eigenvalue weighted by molar-refractivity contribution is 5.41. The van der Waals surface area contributed by atoms with Crippen molar-refractivity contribution in [1.82, 2.24) is 14.9 Å². The minimum absolute atomic E-state index is 0.282. The average Bonchev–Trinajstić information content (AvgIpc) is 2.99. The van der Waals surface area contributed by atoms with Gasteiger partial charge < -0.3 is 10.6 Å². The van der Waals surface area contributed by atoms with Crippen LogP contribution in [0, 0.1) is 5.82 Å². The third kappa shape index (κ3) is 4.03. The van der Waals surface area contributed by atoms with E-state index in [0.29, 0.717) is 18.5 Å². The lowest BCUT2D eigenvalue weighted by atomic mass is 10.3. The van der Waals surface area contributed by atoms with E-state index in [1.165, 1.54) is 19.0 Å². The van der Waals surface area contributed by atoms with Gasteiger partial charge in [-0.3, -0.25) is 4.90 Å². The Morgan fingerprint density at radius 3 is 2.80 bits per heavy atom. The summed E-state index contributed by atoms with van der Waals surface area (Å²) in [6.07, 6.45) is 4.72. The molecule has 0 aliphatic carbocycles. The number of nitrogens with zero attached hydrogens (tertiary/aromatic N) is 3. The molecule has 2 heterocycles. The SMILES string of the molecule is CCCNc1ncc(F)c(NCC(C)N2CCCC2)n1. The lowest BCUT2D eigenvalue weighted by Gasteiger charge is -2.24. The van der Waals surface area contributed by atoms with Crippen molar-refractivity contribution < 1.29 is 4.39 Å². The molecular formula is C14H24FN5. The Balaban J connectivity index is 1.90. The Morgan fingerprint density at radius 1 is 1.35 bits per heavy atom. The van der Waals surface area contributed by atoms with Crippen LogP contribution < -0.4 is 10.6 Å². The summed E-state index contributed by atoms with van der Waals surface area (Å²) < 4.78 is 13.7. The molecule has 1 aliphatic rings. The predicted octanol–water partition coefficient (Wildman–Crippen LogP) is 2.33. The zero-order valence-corrected chi connectivity index (χ0v) is 12.3. The van der Waals surface area contributed by atoms with E-state index < -0.39 is 5.82 Å². The van der Waals surface area contributed by atoms with Gasteiger partial charge in [0.05, 0.1) is 6.20 Å². The Bertz CT molecular complexity index is 420. The second-order valence-electron chi connectivity index (χ2n) is 5.29. The topological polar surface area (TPSA) is 53.1 Å². The fourth-order valence-corrected chi connectivity index (χ4v) is 2.37. The first-order chi connectivity index (χ1) is 9.70. The van der Waals surface area contributed by atoms with Crippen molar-refractivity contribution in [3.8, 4) is 0 Å². The smallest absolute Gasteiger partial charge is 0.224 e. The molecule has 2 N–H and O–H groups in total. The van der Waals surface area contributed by atoms with E-state index in [2.05, 4.69) is 39.3 Å². The number of anilines is 2. The highest BCUT2D eigenvalue weighted by Gasteiger charge is 2.18. The highest BCUT2D eigenvalue weighted by Crippen LogP contribution is 2.15. The van der Waals surface area contributed by atoms with Gasteiger partial charge >= 0.3 is 0 Å². The standard InChI is InChI=1S/C14H24FN5/c1-3-6-16-14-18-10-12(15)13(19-14)17-9-11(2)20-7-4-5-8-20/h10-11H,3-9H2,1-2H3,(H2,16,17,18,19).